The molecule has 4 aliphatic carbocycles. The number of carbonyl (C=O) groups is 2. The molecule has 0 aliphatic heterocycles. The first-order valence-electron chi connectivity index (χ1n) is 20.2. The van der Waals surface area contributed by atoms with Crippen molar-refractivity contribution in [3.05, 3.63) is 65.2 Å². The van der Waals surface area contributed by atoms with Crippen LogP contribution in [0.3, 0.4) is 0 Å². The van der Waals surface area contributed by atoms with Crippen molar-refractivity contribution in [3.8, 4) is 0 Å². The van der Waals surface area contributed by atoms with Crippen LogP contribution in [0.5, 0.6) is 0 Å². The van der Waals surface area contributed by atoms with Crippen LogP contribution in [0.4, 0.5) is 11.4 Å². The van der Waals surface area contributed by atoms with Gasteiger partial charge in [0.05, 0.1) is 12.2 Å². The van der Waals surface area contributed by atoms with E-state index in [0.717, 1.165) is 59.5 Å². The van der Waals surface area contributed by atoms with Gasteiger partial charge in [-0.2, -0.15) is 0 Å². The van der Waals surface area contributed by atoms with Crippen LogP contribution >= 0.6 is 0 Å². The quantitative estimate of drug-likeness (QED) is 0.130. The van der Waals surface area contributed by atoms with Gasteiger partial charge >= 0.3 is 11.9 Å². The summed E-state index contributed by atoms with van der Waals surface area (Å²) in [6.45, 7) is 12.8. The Morgan fingerprint density at radius 3 is 2.37 bits per heavy atom. The Kier molecular flexibility index (Phi) is 11.6. The summed E-state index contributed by atoms with van der Waals surface area (Å²) in [7, 11) is 0. The second-order valence-corrected chi connectivity index (χ2v) is 17.8. The Morgan fingerprint density at radius 2 is 1.63 bits per heavy atom. The molecule has 0 saturated heterocycles. The Hall–Kier alpha value is -3.28. The van der Waals surface area contributed by atoms with Crippen molar-refractivity contribution in [1.82, 2.24) is 0 Å². The molecule has 4 saturated carbocycles. The standard InChI is InChI=1S/C45H64N2O4/c1-29(2)7-6-8-30(3)38-18-19-39-37-17-15-34-27-36(21-24-44(34,4)40(37)22-25-45(38,39)5)51-43(49)33-12-9-31(10-13-33)11-20-42(48)50-26-23-32-14-16-35(46)28-41(32)47/h9-14,16,20,28-30,34,36-40H,6-8,15,17-19,21-27,46-47H2,1-5H3/b20-11+. The van der Waals surface area contributed by atoms with Gasteiger partial charge in [0, 0.05) is 23.9 Å². The first-order valence-corrected chi connectivity index (χ1v) is 20.2. The molecule has 0 bridgehead atoms. The minimum Gasteiger partial charge on any atom is -0.462 e. The highest BCUT2D eigenvalue weighted by molar-refractivity contribution is 5.90. The third-order valence-corrected chi connectivity index (χ3v) is 14.4. The Bertz CT molecular complexity index is 1550. The van der Waals surface area contributed by atoms with Crippen molar-refractivity contribution < 1.29 is 19.1 Å². The van der Waals surface area contributed by atoms with Gasteiger partial charge in [-0.3, -0.25) is 0 Å². The smallest absolute Gasteiger partial charge is 0.338 e. The van der Waals surface area contributed by atoms with Crippen molar-refractivity contribution in [2.24, 2.45) is 52.3 Å². The molecule has 0 aromatic heterocycles. The predicted octanol–water partition coefficient (Wildman–Crippen LogP) is 10.3. The highest BCUT2D eigenvalue weighted by Crippen LogP contribution is 2.68. The number of carbonyl (C=O) groups excluding carboxylic acids is 2. The van der Waals surface area contributed by atoms with E-state index in [1.165, 1.54) is 70.3 Å². The fraction of sp³-hybridized carbons (Fsp3) is 0.644. The molecule has 4 fully saturated rings. The molecule has 0 amide bonds. The highest BCUT2D eigenvalue weighted by atomic mass is 16.5. The fourth-order valence-corrected chi connectivity index (χ4v) is 11.6. The zero-order chi connectivity index (χ0) is 36.3. The van der Waals surface area contributed by atoms with Crippen LogP contribution in [0.1, 0.15) is 133 Å². The first kappa shape index (κ1) is 37.5. The van der Waals surface area contributed by atoms with E-state index >= 15 is 0 Å². The van der Waals surface area contributed by atoms with Crippen LogP contribution in [0.2, 0.25) is 0 Å². The lowest BCUT2D eigenvalue weighted by molar-refractivity contribution is -0.137. The summed E-state index contributed by atoms with van der Waals surface area (Å²) in [5, 5.41) is 0. The minimum absolute atomic E-state index is 0.0125. The highest BCUT2D eigenvalue weighted by Gasteiger charge is 2.60. The summed E-state index contributed by atoms with van der Waals surface area (Å²) < 4.78 is 11.5. The van der Waals surface area contributed by atoms with Crippen LogP contribution in [-0.2, 0) is 20.7 Å². The predicted molar refractivity (Wildman–Crippen MR) is 208 cm³/mol. The van der Waals surface area contributed by atoms with E-state index in [4.69, 9.17) is 20.9 Å². The number of hydrogen-bond acceptors (Lipinski definition) is 6. The van der Waals surface area contributed by atoms with Gasteiger partial charge in [-0.25, -0.2) is 9.59 Å². The van der Waals surface area contributed by atoms with Crippen molar-refractivity contribution >= 4 is 29.4 Å². The number of benzene rings is 2. The zero-order valence-electron chi connectivity index (χ0n) is 32.0. The number of nitrogen functional groups attached to an aromatic ring is 2. The molecule has 9 unspecified atom stereocenters. The second-order valence-electron chi connectivity index (χ2n) is 17.8. The number of fused-ring (bicyclic) bond motifs is 5. The van der Waals surface area contributed by atoms with Gasteiger partial charge in [-0.05, 0) is 152 Å². The SMILES string of the molecule is CC(C)CCCC(C)C1CCC2C3CCC4CC(OC(=O)c5ccc(/C=C/C(=O)OCCc6ccc(N)cc6N)cc5)CCC4(C)C3CCC12C. The van der Waals surface area contributed by atoms with E-state index in [1.54, 1.807) is 30.3 Å². The summed E-state index contributed by atoms with van der Waals surface area (Å²) in [4.78, 5) is 25.5. The topological polar surface area (TPSA) is 105 Å². The molecule has 9 atom stereocenters. The lowest BCUT2D eigenvalue weighted by atomic mass is 9.44. The van der Waals surface area contributed by atoms with Gasteiger partial charge in [-0.1, -0.05) is 72.1 Å². The van der Waals surface area contributed by atoms with Crippen molar-refractivity contribution in [2.45, 2.75) is 124 Å². The van der Waals surface area contributed by atoms with E-state index in [1.807, 2.05) is 18.2 Å². The molecule has 2 aromatic carbocycles. The largest absolute Gasteiger partial charge is 0.462 e. The Balaban J connectivity index is 0.972. The fourth-order valence-electron chi connectivity index (χ4n) is 11.6. The van der Waals surface area contributed by atoms with E-state index in [0.29, 0.717) is 40.1 Å². The van der Waals surface area contributed by atoms with E-state index in [9.17, 15) is 9.59 Å². The van der Waals surface area contributed by atoms with Gasteiger partial charge in [0.25, 0.3) is 0 Å². The van der Waals surface area contributed by atoms with Crippen molar-refractivity contribution in [3.63, 3.8) is 0 Å². The van der Waals surface area contributed by atoms with Crippen LogP contribution < -0.4 is 11.5 Å². The molecule has 0 heterocycles. The Labute approximate surface area is 307 Å². The third kappa shape index (κ3) is 8.20. The lowest BCUT2D eigenvalue weighted by Gasteiger charge is -2.61. The number of anilines is 2. The number of nitrogens with two attached hydrogens (primary N) is 2. The minimum atomic E-state index is -0.428. The molecule has 4 N–H and O–H groups in total. The van der Waals surface area contributed by atoms with Crippen LogP contribution in [0, 0.1) is 52.3 Å². The van der Waals surface area contributed by atoms with Gasteiger partial charge in [0.2, 0.25) is 0 Å². The van der Waals surface area contributed by atoms with Gasteiger partial charge in [-0.15, -0.1) is 0 Å². The second kappa shape index (κ2) is 15.8. The molecular formula is C45H64N2O4. The third-order valence-electron chi connectivity index (χ3n) is 14.4. The van der Waals surface area contributed by atoms with Gasteiger partial charge in [0.1, 0.15) is 6.10 Å². The van der Waals surface area contributed by atoms with E-state index in [2.05, 4.69) is 34.6 Å². The monoisotopic (exact) mass is 696 g/mol. The number of ether oxygens (including phenoxy) is 2. The number of rotatable bonds is 12. The molecule has 6 rings (SSSR count). The van der Waals surface area contributed by atoms with Crippen LogP contribution in [-0.4, -0.2) is 24.6 Å². The lowest BCUT2D eigenvalue weighted by Crippen LogP contribution is -2.54. The van der Waals surface area contributed by atoms with Gasteiger partial charge in [0.15, 0.2) is 0 Å². The molecule has 278 valence electrons. The maximum Gasteiger partial charge on any atom is 0.338 e. The number of hydrogen-bond donors (Lipinski definition) is 2. The molecule has 6 nitrogen and oxygen atoms in total. The molecule has 6 heteroatoms. The summed E-state index contributed by atoms with van der Waals surface area (Å²) >= 11 is 0. The van der Waals surface area contributed by atoms with E-state index < -0.39 is 5.97 Å². The van der Waals surface area contributed by atoms with Gasteiger partial charge < -0.3 is 20.9 Å². The maximum absolute atomic E-state index is 13.3. The van der Waals surface area contributed by atoms with Crippen LogP contribution in [0.25, 0.3) is 6.08 Å². The summed E-state index contributed by atoms with van der Waals surface area (Å²) in [5.41, 5.74) is 16.1. The summed E-state index contributed by atoms with van der Waals surface area (Å²) in [6, 6.07) is 12.6. The maximum atomic E-state index is 13.3. The number of esters is 2. The van der Waals surface area contributed by atoms with Crippen LogP contribution in [0.15, 0.2) is 48.5 Å². The molecule has 51 heavy (non-hydrogen) atoms. The molecule has 2 aromatic rings. The van der Waals surface area contributed by atoms with Crippen molar-refractivity contribution in [1.29, 1.82) is 0 Å². The molecular weight excluding hydrogens is 633 g/mol. The molecule has 0 spiro atoms. The zero-order valence-corrected chi connectivity index (χ0v) is 32.0. The molecule has 0 radical (unpaired) electrons. The summed E-state index contributed by atoms with van der Waals surface area (Å²) in [5.74, 6) is 5.11. The van der Waals surface area contributed by atoms with E-state index in [-0.39, 0.29) is 18.7 Å². The average molecular weight is 697 g/mol. The van der Waals surface area contributed by atoms with Crippen molar-refractivity contribution in [2.75, 3.05) is 18.1 Å². The Morgan fingerprint density at radius 1 is 0.882 bits per heavy atom. The first-order chi connectivity index (χ1) is 24.4. The normalized spacial score (nSPS) is 32.2. The molecule has 4 aliphatic rings. The average Bonchev–Trinajstić information content (AvgIpc) is 3.46. The summed E-state index contributed by atoms with van der Waals surface area (Å²) in [6.07, 6.45) is 19.2.